The number of ether oxygens (including phenoxy) is 1. The van der Waals surface area contributed by atoms with Gasteiger partial charge >= 0.3 is 0 Å². The molecule has 0 saturated carbocycles. The van der Waals surface area contributed by atoms with Gasteiger partial charge in [-0.15, -0.1) is 0 Å². The van der Waals surface area contributed by atoms with Gasteiger partial charge in [-0.3, -0.25) is 0 Å². The predicted octanol–water partition coefficient (Wildman–Crippen LogP) is 4.60. The highest BCUT2D eigenvalue weighted by atomic mass is 16.5. The van der Waals surface area contributed by atoms with Crippen LogP contribution in [0.4, 0.5) is 0 Å². The summed E-state index contributed by atoms with van der Waals surface area (Å²) in [5.41, 5.74) is 2.38. The Kier molecular flexibility index (Phi) is 3.37. The number of allylic oxidation sites excluding steroid dienone is 2. The molecule has 17 heavy (non-hydrogen) atoms. The highest BCUT2D eigenvalue weighted by Gasteiger charge is 2.26. The van der Waals surface area contributed by atoms with Crippen molar-refractivity contribution in [2.24, 2.45) is 0 Å². The monoisotopic (exact) mass is 228 g/mol. The zero-order chi connectivity index (χ0) is 12.3. The van der Waals surface area contributed by atoms with Crippen molar-refractivity contribution in [1.82, 2.24) is 0 Å². The van der Waals surface area contributed by atoms with Crippen LogP contribution in [0.15, 0.2) is 42.0 Å². The number of hydrogen-bond donors (Lipinski definition) is 0. The van der Waals surface area contributed by atoms with Crippen LogP contribution in [0.1, 0.15) is 39.2 Å². The van der Waals surface area contributed by atoms with Crippen molar-refractivity contribution in [3.8, 4) is 5.75 Å². The minimum atomic E-state index is -0.166. The number of rotatable bonds is 3. The van der Waals surface area contributed by atoms with Crippen LogP contribution in [0.2, 0.25) is 0 Å². The Hall–Kier alpha value is -1.50. The second-order valence-corrected chi connectivity index (χ2v) is 5.11. The van der Waals surface area contributed by atoms with E-state index in [0.29, 0.717) is 0 Å². The Morgan fingerprint density at radius 1 is 1.29 bits per heavy atom. The molecule has 0 saturated heterocycles. The standard InChI is InChI=1S/C16H20O/c1-13(2)7-6-11-16(3)12-10-14-8-4-5-9-15(14)17-16/h4-5,7-10,12H,6,11H2,1-3H3. The average molecular weight is 228 g/mol. The van der Waals surface area contributed by atoms with Crippen LogP contribution >= 0.6 is 0 Å². The minimum Gasteiger partial charge on any atom is -0.483 e. The van der Waals surface area contributed by atoms with E-state index in [1.54, 1.807) is 0 Å². The fourth-order valence-corrected chi connectivity index (χ4v) is 2.04. The first kappa shape index (κ1) is 12.0. The zero-order valence-electron chi connectivity index (χ0n) is 10.9. The lowest BCUT2D eigenvalue weighted by atomic mass is 9.95. The second-order valence-electron chi connectivity index (χ2n) is 5.11. The molecule has 0 fully saturated rings. The average Bonchev–Trinajstić information content (AvgIpc) is 2.28. The maximum atomic E-state index is 6.09. The zero-order valence-corrected chi connectivity index (χ0v) is 10.9. The summed E-state index contributed by atoms with van der Waals surface area (Å²) in [6.45, 7) is 6.42. The van der Waals surface area contributed by atoms with Crippen molar-refractivity contribution in [3.63, 3.8) is 0 Å². The third-order valence-electron chi connectivity index (χ3n) is 3.07. The molecule has 0 radical (unpaired) electrons. The van der Waals surface area contributed by atoms with Gasteiger partial charge in [0.1, 0.15) is 11.4 Å². The number of fused-ring (bicyclic) bond motifs is 1. The summed E-state index contributed by atoms with van der Waals surface area (Å²) in [6.07, 6.45) is 8.69. The van der Waals surface area contributed by atoms with Crippen LogP contribution in [0.3, 0.4) is 0 Å². The largest absolute Gasteiger partial charge is 0.483 e. The predicted molar refractivity (Wildman–Crippen MR) is 73.2 cm³/mol. The molecular formula is C16H20O. The van der Waals surface area contributed by atoms with Crippen LogP contribution in [0.25, 0.3) is 6.08 Å². The Labute approximate surface area is 104 Å². The van der Waals surface area contributed by atoms with Gasteiger partial charge in [0, 0.05) is 5.56 Å². The molecular weight excluding hydrogens is 208 g/mol. The van der Waals surface area contributed by atoms with E-state index in [1.165, 1.54) is 11.1 Å². The molecule has 1 unspecified atom stereocenters. The molecule has 0 aromatic heterocycles. The normalized spacial score (nSPS) is 21.6. The molecule has 1 aliphatic heterocycles. The van der Waals surface area contributed by atoms with Gasteiger partial charge in [-0.2, -0.15) is 0 Å². The highest BCUT2D eigenvalue weighted by Crippen LogP contribution is 2.33. The highest BCUT2D eigenvalue weighted by molar-refractivity contribution is 5.60. The van der Waals surface area contributed by atoms with E-state index in [4.69, 9.17) is 4.74 Å². The van der Waals surface area contributed by atoms with Gasteiger partial charge in [0.05, 0.1) is 0 Å². The molecule has 1 aromatic rings. The lowest BCUT2D eigenvalue weighted by molar-refractivity contribution is 0.129. The van der Waals surface area contributed by atoms with Crippen molar-refractivity contribution < 1.29 is 4.74 Å². The summed E-state index contributed by atoms with van der Waals surface area (Å²) in [5, 5.41) is 0. The van der Waals surface area contributed by atoms with Crippen molar-refractivity contribution in [3.05, 3.63) is 47.6 Å². The number of hydrogen-bond acceptors (Lipinski definition) is 1. The molecule has 0 amide bonds. The van der Waals surface area contributed by atoms with Crippen LogP contribution in [-0.2, 0) is 0 Å². The van der Waals surface area contributed by atoms with Gasteiger partial charge in [-0.1, -0.05) is 35.9 Å². The van der Waals surface area contributed by atoms with Crippen molar-refractivity contribution in [2.45, 2.75) is 39.2 Å². The third-order valence-corrected chi connectivity index (χ3v) is 3.07. The van der Waals surface area contributed by atoms with Gasteiger partial charge in [-0.25, -0.2) is 0 Å². The maximum absolute atomic E-state index is 6.09. The summed E-state index contributed by atoms with van der Waals surface area (Å²) < 4.78 is 6.09. The molecule has 0 N–H and O–H groups in total. The van der Waals surface area contributed by atoms with Crippen LogP contribution < -0.4 is 4.74 Å². The second kappa shape index (κ2) is 4.79. The molecule has 1 aliphatic rings. The van der Waals surface area contributed by atoms with Gasteiger partial charge in [0.2, 0.25) is 0 Å². The fourth-order valence-electron chi connectivity index (χ4n) is 2.04. The molecule has 1 heteroatoms. The summed E-state index contributed by atoms with van der Waals surface area (Å²) >= 11 is 0. The quantitative estimate of drug-likeness (QED) is 0.687. The van der Waals surface area contributed by atoms with Gasteiger partial charge < -0.3 is 4.74 Å². The van der Waals surface area contributed by atoms with E-state index in [0.717, 1.165) is 18.6 Å². The first-order chi connectivity index (χ1) is 8.09. The van der Waals surface area contributed by atoms with Gasteiger partial charge in [-0.05, 0) is 45.8 Å². The third kappa shape index (κ3) is 3.00. The minimum absolute atomic E-state index is 0.166. The molecule has 0 aliphatic carbocycles. The fraction of sp³-hybridized carbons (Fsp3) is 0.375. The van der Waals surface area contributed by atoms with Crippen molar-refractivity contribution in [1.29, 1.82) is 0 Å². The Morgan fingerprint density at radius 3 is 2.82 bits per heavy atom. The van der Waals surface area contributed by atoms with E-state index in [9.17, 15) is 0 Å². The van der Waals surface area contributed by atoms with Gasteiger partial charge in [0.15, 0.2) is 0 Å². The molecule has 90 valence electrons. The molecule has 1 aromatic carbocycles. The molecule has 0 spiro atoms. The number of para-hydroxylation sites is 1. The smallest absolute Gasteiger partial charge is 0.127 e. The Balaban J connectivity index is 2.08. The molecule has 1 atom stereocenters. The summed E-state index contributed by atoms with van der Waals surface area (Å²) in [6, 6.07) is 8.19. The molecule has 0 bridgehead atoms. The first-order valence-electron chi connectivity index (χ1n) is 6.20. The Bertz CT molecular complexity index is 452. The van der Waals surface area contributed by atoms with Crippen LogP contribution in [0.5, 0.6) is 5.75 Å². The van der Waals surface area contributed by atoms with E-state index in [-0.39, 0.29) is 5.60 Å². The molecule has 1 nitrogen and oxygen atoms in total. The topological polar surface area (TPSA) is 9.23 Å². The molecule has 1 heterocycles. The van der Waals surface area contributed by atoms with Crippen LogP contribution in [0, 0.1) is 0 Å². The lowest BCUT2D eigenvalue weighted by Crippen LogP contribution is -2.31. The lowest BCUT2D eigenvalue weighted by Gasteiger charge is -2.31. The number of benzene rings is 1. The van der Waals surface area contributed by atoms with Gasteiger partial charge in [0.25, 0.3) is 0 Å². The van der Waals surface area contributed by atoms with Crippen molar-refractivity contribution in [2.75, 3.05) is 0 Å². The summed E-state index contributed by atoms with van der Waals surface area (Å²) in [5.74, 6) is 0.995. The van der Waals surface area contributed by atoms with E-state index in [1.807, 2.05) is 18.2 Å². The SMILES string of the molecule is CC(C)=CCCC1(C)C=Cc2ccccc2O1. The van der Waals surface area contributed by atoms with E-state index < -0.39 is 0 Å². The maximum Gasteiger partial charge on any atom is 0.127 e. The molecule has 2 rings (SSSR count). The summed E-state index contributed by atoms with van der Waals surface area (Å²) in [7, 11) is 0. The Morgan fingerprint density at radius 2 is 2.06 bits per heavy atom. The van der Waals surface area contributed by atoms with Crippen molar-refractivity contribution >= 4 is 6.08 Å². The van der Waals surface area contributed by atoms with Crippen LogP contribution in [-0.4, -0.2) is 5.60 Å². The van der Waals surface area contributed by atoms with E-state index in [2.05, 4.69) is 45.1 Å². The first-order valence-corrected chi connectivity index (χ1v) is 6.20. The summed E-state index contributed by atoms with van der Waals surface area (Å²) in [4.78, 5) is 0. The van der Waals surface area contributed by atoms with E-state index >= 15 is 0 Å².